The fourth-order valence-electron chi connectivity index (χ4n) is 5.87. The fraction of sp³-hybridized carbons (Fsp3) is 0.0426. The van der Waals surface area contributed by atoms with E-state index in [9.17, 15) is 14.4 Å². The number of ether oxygens (including phenoxy) is 1. The standard InChI is InChI=1S/C47H37N3O4S/c51-45(37-18-8-3-9-19-37)50-43(29-33-23-27-41(28-24-33)54-32-34-13-4-1-5-14-34)46(52)48-39-21-12-22-42(31-39)55-44(36-16-6-2-7-17-36)47(53)49-40-26-25-35-15-10-11-20-38(35)30-40/h1-31,44H,32H2,(H,48,52)(H,49,53)(H,50,51)/b43-29+. The summed E-state index contributed by atoms with van der Waals surface area (Å²) in [4.78, 5) is 41.8. The first-order valence-electron chi connectivity index (χ1n) is 17.7. The normalized spacial score (nSPS) is 11.7. The van der Waals surface area contributed by atoms with Gasteiger partial charge in [0.05, 0.1) is 0 Å². The number of fused-ring (bicyclic) bond motifs is 1. The monoisotopic (exact) mass is 739 g/mol. The molecule has 1 unspecified atom stereocenters. The van der Waals surface area contributed by atoms with Crippen molar-refractivity contribution >= 4 is 57.7 Å². The van der Waals surface area contributed by atoms with Crippen LogP contribution in [0.2, 0.25) is 0 Å². The summed E-state index contributed by atoms with van der Waals surface area (Å²) in [6.45, 7) is 0.426. The van der Waals surface area contributed by atoms with Crippen LogP contribution in [0.25, 0.3) is 16.8 Å². The van der Waals surface area contributed by atoms with Crippen molar-refractivity contribution in [3.63, 3.8) is 0 Å². The molecule has 7 rings (SSSR count). The Kier molecular flexibility index (Phi) is 11.8. The SMILES string of the molecule is O=C(Nc1cccc(SC(C(=O)Nc2ccc3ccccc3c2)c2ccccc2)c1)/C(=C\c1ccc(OCc2ccccc2)cc1)NC(=O)c1ccccc1. The minimum atomic E-state index is -0.584. The van der Waals surface area contributed by atoms with E-state index < -0.39 is 17.1 Å². The molecule has 3 N–H and O–H groups in total. The van der Waals surface area contributed by atoms with Crippen LogP contribution in [0.4, 0.5) is 11.4 Å². The summed E-state index contributed by atoms with van der Waals surface area (Å²) in [6, 6.07) is 56.7. The molecule has 0 saturated heterocycles. The van der Waals surface area contributed by atoms with E-state index in [2.05, 4.69) is 16.0 Å². The van der Waals surface area contributed by atoms with Crippen molar-refractivity contribution < 1.29 is 19.1 Å². The molecule has 0 saturated carbocycles. The summed E-state index contributed by atoms with van der Waals surface area (Å²) in [7, 11) is 0. The van der Waals surface area contributed by atoms with Gasteiger partial charge in [-0.05, 0) is 88.1 Å². The maximum atomic E-state index is 13.9. The van der Waals surface area contributed by atoms with E-state index in [-0.39, 0.29) is 11.6 Å². The largest absolute Gasteiger partial charge is 0.489 e. The fourth-order valence-corrected chi connectivity index (χ4v) is 6.95. The number of nitrogens with one attached hydrogen (secondary N) is 3. The molecule has 0 bridgehead atoms. The Morgan fingerprint density at radius 3 is 2.00 bits per heavy atom. The maximum Gasteiger partial charge on any atom is 0.272 e. The van der Waals surface area contributed by atoms with Gasteiger partial charge in [0, 0.05) is 21.8 Å². The Hall–Kier alpha value is -6.90. The van der Waals surface area contributed by atoms with Gasteiger partial charge in [0.15, 0.2) is 0 Å². The third-order valence-corrected chi connectivity index (χ3v) is 9.92. The molecule has 270 valence electrons. The maximum absolute atomic E-state index is 13.9. The molecule has 0 heterocycles. The Labute approximate surface area is 324 Å². The third-order valence-electron chi connectivity index (χ3n) is 8.67. The van der Waals surface area contributed by atoms with Gasteiger partial charge in [0.25, 0.3) is 11.8 Å². The quantitative estimate of drug-likeness (QED) is 0.0808. The predicted octanol–water partition coefficient (Wildman–Crippen LogP) is 10.3. The van der Waals surface area contributed by atoms with Gasteiger partial charge < -0.3 is 20.7 Å². The zero-order chi connectivity index (χ0) is 37.8. The second-order valence-electron chi connectivity index (χ2n) is 12.7. The van der Waals surface area contributed by atoms with E-state index in [0.29, 0.717) is 34.9 Å². The van der Waals surface area contributed by atoms with E-state index >= 15 is 0 Å². The summed E-state index contributed by atoms with van der Waals surface area (Å²) in [5.41, 5.74) is 4.26. The van der Waals surface area contributed by atoms with Gasteiger partial charge >= 0.3 is 0 Å². The van der Waals surface area contributed by atoms with Gasteiger partial charge in [-0.25, -0.2) is 0 Å². The number of hydrogen-bond acceptors (Lipinski definition) is 5. The molecule has 0 fully saturated rings. The summed E-state index contributed by atoms with van der Waals surface area (Å²) >= 11 is 1.38. The molecule has 0 aromatic heterocycles. The van der Waals surface area contributed by atoms with Crippen LogP contribution in [-0.4, -0.2) is 17.7 Å². The smallest absolute Gasteiger partial charge is 0.272 e. The Balaban J connectivity index is 1.09. The highest BCUT2D eigenvalue weighted by atomic mass is 32.2. The van der Waals surface area contributed by atoms with Crippen molar-refractivity contribution in [2.45, 2.75) is 16.8 Å². The Bertz CT molecular complexity index is 2440. The highest BCUT2D eigenvalue weighted by Crippen LogP contribution is 2.37. The number of amides is 3. The molecule has 7 nitrogen and oxygen atoms in total. The lowest BCUT2D eigenvalue weighted by Crippen LogP contribution is -2.30. The minimum Gasteiger partial charge on any atom is -0.489 e. The van der Waals surface area contributed by atoms with E-state index in [1.807, 2.05) is 152 Å². The molecule has 7 aromatic rings. The second kappa shape index (κ2) is 17.7. The van der Waals surface area contributed by atoms with Crippen LogP contribution >= 0.6 is 11.8 Å². The number of carbonyl (C=O) groups excluding carboxylic acids is 3. The number of carbonyl (C=O) groups is 3. The highest BCUT2D eigenvalue weighted by molar-refractivity contribution is 8.00. The average molecular weight is 740 g/mol. The molecule has 7 aromatic carbocycles. The number of benzene rings is 7. The number of anilines is 2. The van der Waals surface area contributed by atoms with Crippen molar-refractivity contribution in [3.05, 3.63) is 210 Å². The predicted molar refractivity (Wildman–Crippen MR) is 222 cm³/mol. The molecule has 0 aliphatic carbocycles. The minimum absolute atomic E-state index is 0.0572. The summed E-state index contributed by atoms with van der Waals surface area (Å²) in [5, 5.41) is 10.4. The molecule has 55 heavy (non-hydrogen) atoms. The van der Waals surface area contributed by atoms with Crippen LogP contribution < -0.4 is 20.7 Å². The van der Waals surface area contributed by atoms with Crippen LogP contribution in [0, 0.1) is 0 Å². The van der Waals surface area contributed by atoms with Gasteiger partial charge in [-0.2, -0.15) is 0 Å². The molecular weight excluding hydrogens is 703 g/mol. The number of hydrogen-bond donors (Lipinski definition) is 3. The Morgan fingerprint density at radius 1 is 0.600 bits per heavy atom. The summed E-state index contributed by atoms with van der Waals surface area (Å²) < 4.78 is 5.93. The molecular formula is C47H37N3O4S. The van der Waals surface area contributed by atoms with Gasteiger partial charge in [0.1, 0.15) is 23.3 Å². The molecule has 1 atom stereocenters. The van der Waals surface area contributed by atoms with Crippen LogP contribution in [0.1, 0.15) is 32.3 Å². The van der Waals surface area contributed by atoms with Crippen molar-refractivity contribution in [1.29, 1.82) is 0 Å². The summed E-state index contributed by atoms with van der Waals surface area (Å²) in [5.74, 6) is -0.428. The second-order valence-corrected chi connectivity index (χ2v) is 13.8. The van der Waals surface area contributed by atoms with E-state index in [4.69, 9.17) is 4.74 Å². The van der Waals surface area contributed by atoms with Crippen LogP contribution in [0.5, 0.6) is 5.75 Å². The van der Waals surface area contributed by atoms with Gasteiger partial charge in [-0.3, -0.25) is 14.4 Å². The molecule has 0 aliphatic heterocycles. The highest BCUT2D eigenvalue weighted by Gasteiger charge is 2.23. The van der Waals surface area contributed by atoms with Gasteiger partial charge in [-0.15, -0.1) is 11.8 Å². The zero-order valence-electron chi connectivity index (χ0n) is 29.7. The van der Waals surface area contributed by atoms with Crippen molar-refractivity contribution in [3.8, 4) is 5.75 Å². The average Bonchev–Trinajstić information content (AvgIpc) is 3.23. The topological polar surface area (TPSA) is 96.5 Å². The first-order valence-corrected chi connectivity index (χ1v) is 18.6. The van der Waals surface area contributed by atoms with Crippen molar-refractivity contribution in [1.82, 2.24) is 5.32 Å². The van der Waals surface area contributed by atoms with E-state index in [1.54, 1.807) is 36.4 Å². The van der Waals surface area contributed by atoms with E-state index in [1.165, 1.54) is 11.8 Å². The number of thioether (sulfide) groups is 1. The van der Waals surface area contributed by atoms with Gasteiger partial charge in [0.2, 0.25) is 5.91 Å². The third kappa shape index (κ3) is 9.95. The van der Waals surface area contributed by atoms with Crippen molar-refractivity contribution in [2.24, 2.45) is 0 Å². The first kappa shape index (κ1) is 36.5. The van der Waals surface area contributed by atoms with Crippen molar-refractivity contribution in [2.75, 3.05) is 10.6 Å². The van der Waals surface area contributed by atoms with E-state index in [0.717, 1.165) is 26.8 Å². The Morgan fingerprint density at radius 2 is 1.25 bits per heavy atom. The lowest BCUT2D eigenvalue weighted by molar-refractivity contribution is -0.116. The zero-order valence-corrected chi connectivity index (χ0v) is 30.5. The number of rotatable bonds is 13. The van der Waals surface area contributed by atoms with Gasteiger partial charge in [-0.1, -0.05) is 127 Å². The van der Waals surface area contributed by atoms with Crippen LogP contribution in [0.15, 0.2) is 193 Å². The first-order chi connectivity index (χ1) is 27.0. The molecule has 0 spiro atoms. The molecule has 3 amide bonds. The lowest BCUT2D eigenvalue weighted by atomic mass is 10.1. The summed E-state index contributed by atoms with van der Waals surface area (Å²) in [6.07, 6.45) is 1.62. The van der Waals surface area contributed by atoms with Crippen LogP contribution in [0.3, 0.4) is 0 Å². The molecule has 0 aliphatic rings. The van der Waals surface area contributed by atoms with Crippen LogP contribution in [-0.2, 0) is 16.2 Å². The molecule has 8 heteroatoms. The lowest BCUT2D eigenvalue weighted by Gasteiger charge is -2.18. The molecule has 0 radical (unpaired) electrons.